The van der Waals surface area contributed by atoms with Crippen molar-refractivity contribution in [3.63, 3.8) is 0 Å². The summed E-state index contributed by atoms with van der Waals surface area (Å²) in [6.07, 6.45) is 5.43. The average molecular weight is 463 g/mol. The number of rotatable bonds is 12. The van der Waals surface area contributed by atoms with E-state index in [1.807, 2.05) is 6.07 Å². The molecule has 0 spiro atoms. The van der Waals surface area contributed by atoms with Gasteiger partial charge in [0.25, 0.3) is 0 Å². The molecule has 0 aromatic heterocycles. The zero-order valence-corrected chi connectivity index (χ0v) is 19.3. The van der Waals surface area contributed by atoms with E-state index in [-0.39, 0.29) is 12.2 Å². The summed E-state index contributed by atoms with van der Waals surface area (Å²) in [5.74, 6) is 0.745. The van der Waals surface area contributed by atoms with Crippen molar-refractivity contribution in [1.82, 2.24) is 0 Å². The Kier molecular flexibility index (Phi) is 8.18. The molecule has 0 saturated heterocycles. The molecule has 0 bridgehead atoms. The van der Waals surface area contributed by atoms with Gasteiger partial charge in [-0.25, -0.2) is 4.39 Å². The van der Waals surface area contributed by atoms with E-state index in [1.165, 1.54) is 34.4 Å². The van der Waals surface area contributed by atoms with Crippen molar-refractivity contribution in [2.75, 3.05) is 13.2 Å². The second-order valence-electron chi connectivity index (χ2n) is 8.81. The summed E-state index contributed by atoms with van der Waals surface area (Å²) in [5.41, 5.74) is 5.17. The minimum absolute atomic E-state index is 0.224. The molecule has 1 unspecified atom stereocenters. The van der Waals surface area contributed by atoms with Gasteiger partial charge in [-0.3, -0.25) is 4.79 Å². The number of carbonyl (C=O) groups is 1. The Labute approximate surface area is 200 Å². The summed E-state index contributed by atoms with van der Waals surface area (Å²) >= 11 is 0. The summed E-state index contributed by atoms with van der Waals surface area (Å²) in [4.78, 5) is 10.9. The third kappa shape index (κ3) is 6.37. The second kappa shape index (κ2) is 11.7. The molecule has 1 atom stereocenters. The number of carboxylic acids is 1. The number of aliphatic carboxylic acids is 1. The van der Waals surface area contributed by atoms with Crippen molar-refractivity contribution in [2.24, 2.45) is 0 Å². The molecule has 4 rings (SSSR count). The highest BCUT2D eigenvalue weighted by molar-refractivity contribution is 5.74. The molecule has 0 saturated carbocycles. The van der Waals surface area contributed by atoms with Crippen LogP contribution in [-0.2, 0) is 11.2 Å². The Morgan fingerprint density at radius 1 is 0.853 bits per heavy atom. The first-order valence-corrected chi connectivity index (χ1v) is 12.1. The van der Waals surface area contributed by atoms with Gasteiger partial charge in [0.1, 0.15) is 17.3 Å². The largest absolute Gasteiger partial charge is 0.494 e. The monoisotopic (exact) mass is 462 g/mol. The number of ether oxygens (including phenoxy) is 2. The molecule has 3 aromatic rings. The third-order valence-corrected chi connectivity index (χ3v) is 6.30. The Bertz CT molecular complexity index is 1110. The summed E-state index contributed by atoms with van der Waals surface area (Å²) in [6, 6.07) is 21.1. The third-order valence-electron chi connectivity index (χ3n) is 6.30. The first kappa shape index (κ1) is 23.8. The van der Waals surface area contributed by atoms with Crippen LogP contribution >= 0.6 is 0 Å². The molecule has 5 heteroatoms. The van der Waals surface area contributed by atoms with Crippen LogP contribution in [0.4, 0.5) is 4.39 Å². The predicted octanol–water partition coefficient (Wildman–Crippen LogP) is 7.02. The fourth-order valence-corrected chi connectivity index (χ4v) is 4.62. The number of fused-ring (bicyclic) bond motifs is 3. The van der Waals surface area contributed by atoms with Gasteiger partial charge in [-0.1, -0.05) is 42.8 Å². The minimum Gasteiger partial charge on any atom is -0.494 e. The van der Waals surface area contributed by atoms with Gasteiger partial charge < -0.3 is 14.6 Å². The van der Waals surface area contributed by atoms with Crippen LogP contribution in [0.1, 0.15) is 55.6 Å². The maximum absolute atomic E-state index is 13.2. The number of carboxylic acid groups (broad SMARTS) is 1. The molecule has 178 valence electrons. The first-order chi connectivity index (χ1) is 16.6. The molecule has 34 heavy (non-hydrogen) atoms. The van der Waals surface area contributed by atoms with Gasteiger partial charge in [-0.2, -0.15) is 0 Å². The highest BCUT2D eigenvalue weighted by Crippen LogP contribution is 2.43. The van der Waals surface area contributed by atoms with Gasteiger partial charge in [0.15, 0.2) is 0 Å². The van der Waals surface area contributed by atoms with Crippen molar-refractivity contribution in [3.05, 3.63) is 83.7 Å². The van der Waals surface area contributed by atoms with Gasteiger partial charge in [-0.15, -0.1) is 0 Å². The van der Waals surface area contributed by atoms with Crippen LogP contribution in [0.3, 0.4) is 0 Å². The second-order valence-corrected chi connectivity index (χ2v) is 8.81. The van der Waals surface area contributed by atoms with Gasteiger partial charge in [0.05, 0.1) is 13.2 Å². The molecule has 0 aliphatic heterocycles. The van der Waals surface area contributed by atoms with Crippen LogP contribution in [0.5, 0.6) is 11.5 Å². The van der Waals surface area contributed by atoms with Crippen LogP contribution in [0.25, 0.3) is 11.1 Å². The molecule has 0 fully saturated rings. The number of halogens is 1. The van der Waals surface area contributed by atoms with Crippen LogP contribution in [0, 0.1) is 5.82 Å². The Balaban J connectivity index is 1.33. The maximum Gasteiger partial charge on any atom is 0.303 e. The molecule has 1 aliphatic carbocycles. The standard InChI is InChI=1S/C29H31FO4/c30-23-10-7-11-24(19-23)33-16-5-6-17-34-25-14-15-27-26-12-3-1-8-21(26)18-22(28(27)20-25)9-2-4-13-29(31)32/h1,3,7-8,10-12,14-15,19-20,22H,2,4-6,9,13,16-18H2,(H,31,32). The first-order valence-electron chi connectivity index (χ1n) is 12.1. The van der Waals surface area contributed by atoms with E-state index in [0.717, 1.165) is 37.9 Å². The molecular formula is C29H31FO4. The van der Waals surface area contributed by atoms with E-state index < -0.39 is 5.97 Å². The lowest BCUT2D eigenvalue weighted by atomic mass is 9.76. The smallest absolute Gasteiger partial charge is 0.303 e. The van der Waals surface area contributed by atoms with Gasteiger partial charge in [0.2, 0.25) is 0 Å². The van der Waals surface area contributed by atoms with Crippen molar-refractivity contribution in [1.29, 1.82) is 0 Å². The van der Waals surface area contributed by atoms with E-state index in [4.69, 9.17) is 14.6 Å². The van der Waals surface area contributed by atoms with E-state index >= 15 is 0 Å². The normalized spacial score (nSPS) is 14.2. The van der Waals surface area contributed by atoms with E-state index in [9.17, 15) is 9.18 Å². The van der Waals surface area contributed by atoms with E-state index in [0.29, 0.717) is 31.3 Å². The Hall–Kier alpha value is -3.34. The Morgan fingerprint density at radius 2 is 1.62 bits per heavy atom. The highest BCUT2D eigenvalue weighted by atomic mass is 19.1. The molecule has 0 heterocycles. The summed E-state index contributed by atoms with van der Waals surface area (Å²) in [6.45, 7) is 1.11. The van der Waals surface area contributed by atoms with Crippen LogP contribution in [0.15, 0.2) is 66.7 Å². The van der Waals surface area contributed by atoms with Gasteiger partial charge >= 0.3 is 5.97 Å². The molecule has 1 aliphatic rings. The lowest BCUT2D eigenvalue weighted by molar-refractivity contribution is -0.137. The lowest BCUT2D eigenvalue weighted by Gasteiger charge is -2.28. The van der Waals surface area contributed by atoms with Crippen LogP contribution in [-0.4, -0.2) is 24.3 Å². The molecule has 1 N–H and O–H groups in total. The summed E-state index contributed by atoms with van der Waals surface area (Å²) in [5, 5.41) is 8.94. The van der Waals surface area contributed by atoms with Crippen molar-refractivity contribution < 1.29 is 23.8 Å². The molecule has 4 nitrogen and oxygen atoms in total. The zero-order valence-electron chi connectivity index (χ0n) is 19.3. The van der Waals surface area contributed by atoms with Gasteiger partial charge in [-0.05, 0) is 84.5 Å². The molecule has 0 amide bonds. The number of hydrogen-bond acceptors (Lipinski definition) is 3. The fourth-order valence-electron chi connectivity index (χ4n) is 4.62. The predicted molar refractivity (Wildman–Crippen MR) is 131 cm³/mol. The van der Waals surface area contributed by atoms with Crippen molar-refractivity contribution >= 4 is 5.97 Å². The quantitative estimate of drug-likeness (QED) is 0.294. The average Bonchev–Trinajstić information content (AvgIpc) is 2.83. The van der Waals surface area contributed by atoms with E-state index in [2.05, 4.69) is 36.4 Å². The van der Waals surface area contributed by atoms with Crippen molar-refractivity contribution in [3.8, 4) is 22.6 Å². The van der Waals surface area contributed by atoms with Crippen molar-refractivity contribution in [2.45, 2.75) is 50.9 Å². The minimum atomic E-state index is -0.730. The van der Waals surface area contributed by atoms with Crippen LogP contribution < -0.4 is 9.47 Å². The number of benzene rings is 3. The summed E-state index contributed by atoms with van der Waals surface area (Å²) in [7, 11) is 0. The molecular weight excluding hydrogens is 431 g/mol. The number of hydrogen-bond donors (Lipinski definition) is 1. The number of unbranched alkanes of at least 4 members (excludes halogenated alkanes) is 2. The molecule has 3 aromatic carbocycles. The summed E-state index contributed by atoms with van der Waals surface area (Å²) < 4.78 is 24.8. The topological polar surface area (TPSA) is 55.8 Å². The van der Waals surface area contributed by atoms with Gasteiger partial charge in [0, 0.05) is 12.5 Å². The zero-order chi connectivity index (χ0) is 23.8. The lowest BCUT2D eigenvalue weighted by Crippen LogP contribution is -2.12. The highest BCUT2D eigenvalue weighted by Gasteiger charge is 2.24. The SMILES string of the molecule is O=C(O)CCCCC1Cc2ccccc2-c2ccc(OCCCCOc3cccc(F)c3)cc21. The van der Waals surface area contributed by atoms with Crippen LogP contribution in [0.2, 0.25) is 0 Å². The molecule has 0 radical (unpaired) electrons. The fraction of sp³-hybridized carbons (Fsp3) is 0.345. The Morgan fingerprint density at radius 3 is 2.38 bits per heavy atom. The maximum atomic E-state index is 13.2. The van der Waals surface area contributed by atoms with E-state index in [1.54, 1.807) is 12.1 Å².